The van der Waals surface area contributed by atoms with Gasteiger partial charge in [0.25, 0.3) is 0 Å². The molecule has 30 heavy (non-hydrogen) atoms. The summed E-state index contributed by atoms with van der Waals surface area (Å²) in [6, 6.07) is 10.1. The number of ketones is 1. The summed E-state index contributed by atoms with van der Waals surface area (Å²) in [5.41, 5.74) is 2.06. The Hall–Kier alpha value is -1.69. The summed E-state index contributed by atoms with van der Waals surface area (Å²) in [6.45, 7) is 9.21. The molecule has 1 aromatic carbocycles. The molecule has 4 atom stereocenters. The summed E-state index contributed by atoms with van der Waals surface area (Å²) >= 11 is 1.75. The first kappa shape index (κ1) is 21.5. The van der Waals surface area contributed by atoms with E-state index in [0.717, 1.165) is 42.6 Å². The average Bonchev–Trinajstić information content (AvgIpc) is 3.24. The number of para-hydroxylation sites is 1. The number of benzene rings is 1. The topological polar surface area (TPSA) is 58.6 Å². The van der Waals surface area contributed by atoms with E-state index < -0.39 is 6.10 Å². The lowest BCUT2D eigenvalue weighted by Crippen LogP contribution is -2.44. The largest absolute Gasteiger partial charge is 0.487 e. The predicted molar refractivity (Wildman–Crippen MR) is 122 cm³/mol. The third kappa shape index (κ3) is 4.34. The average molecular weight is 428 g/mol. The second kappa shape index (κ2) is 8.45. The van der Waals surface area contributed by atoms with Crippen LogP contribution in [0.25, 0.3) is 0 Å². The molecule has 162 valence electrons. The van der Waals surface area contributed by atoms with Crippen molar-refractivity contribution in [3.63, 3.8) is 0 Å². The molecule has 0 radical (unpaired) electrons. The number of aliphatic hydroxyl groups is 1. The minimum atomic E-state index is -0.573. The molecule has 4 rings (SSSR count). The fraction of sp³-hybridized carbons (Fsp3) is 0.560. The molecular weight excluding hydrogens is 394 g/mol. The molecular formula is C25H33NO3S. The van der Waals surface area contributed by atoms with E-state index in [9.17, 15) is 9.90 Å². The van der Waals surface area contributed by atoms with Crippen molar-refractivity contribution in [2.45, 2.75) is 77.0 Å². The molecule has 0 spiro atoms. The molecule has 4 nitrogen and oxygen atoms in total. The van der Waals surface area contributed by atoms with Crippen LogP contribution >= 0.6 is 11.3 Å². The number of aryl methyl sites for hydroxylation is 2. The van der Waals surface area contributed by atoms with Crippen molar-refractivity contribution in [3.8, 4) is 5.75 Å². The van der Waals surface area contributed by atoms with Crippen LogP contribution in [0.4, 0.5) is 0 Å². The van der Waals surface area contributed by atoms with E-state index in [-0.39, 0.29) is 29.3 Å². The molecule has 2 aliphatic rings. The van der Waals surface area contributed by atoms with Crippen molar-refractivity contribution >= 4 is 17.1 Å². The van der Waals surface area contributed by atoms with Gasteiger partial charge >= 0.3 is 0 Å². The van der Waals surface area contributed by atoms with Crippen LogP contribution in [0.15, 0.2) is 30.3 Å². The number of carbonyl (C=O) groups is 1. The Labute approximate surface area is 183 Å². The fourth-order valence-electron chi connectivity index (χ4n) is 4.75. The number of nitrogens with one attached hydrogen (secondary N) is 1. The van der Waals surface area contributed by atoms with E-state index >= 15 is 0 Å². The Kier molecular flexibility index (Phi) is 6.06. The van der Waals surface area contributed by atoms with Crippen molar-refractivity contribution in [1.29, 1.82) is 0 Å². The van der Waals surface area contributed by atoms with Crippen molar-refractivity contribution in [1.82, 2.24) is 5.32 Å². The van der Waals surface area contributed by atoms with Gasteiger partial charge in [-0.25, -0.2) is 0 Å². The van der Waals surface area contributed by atoms with E-state index in [2.05, 4.69) is 39.1 Å². The summed E-state index contributed by atoms with van der Waals surface area (Å²) in [5.74, 6) is 1.12. The number of rotatable bonds is 5. The van der Waals surface area contributed by atoms with Crippen LogP contribution in [-0.4, -0.2) is 35.7 Å². The zero-order valence-electron chi connectivity index (χ0n) is 18.4. The fourth-order valence-corrected chi connectivity index (χ4v) is 5.80. The van der Waals surface area contributed by atoms with Crippen LogP contribution < -0.4 is 10.1 Å². The van der Waals surface area contributed by atoms with Crippen LogP contribution in [0, 0.1) is 12.8 Å². The van der Waals surface area contributed by atoms with Gasteiger partial charge in [0.1, 0.15) is 18.0 Å². The molecule has 0 saturated heterocycles. The Bertz CT molecular complexity index is 913. The minimum Gasteiger partial charge on any atom is -0.487 e. The highest BCUT2D eigenvalue weighted by molar-refractivity contribution is 7.12. The van der Waals surface area contributed by atoms with Crippen LogP contribution in [0.1, 0.15) is 65.7 Å². The second-order valence-corrected chi connectivity index (χ2v) is 11.1. The van der Waals surface area contributed by atoms with Gasteiger partial charge in [0.05, 0.1) is 0 Å². The molecule has 0 amide bonds. The van der Waals surface area contributed by atoms with Gasteiger partial charge in [0.2, 0.25) is 0 Å². The van der Waals surface area contributed by atoms with Gasteiger partial charge in [-0.15, -0.1) is 11.3 Å². The number of hydrogen-bond acceptors (Lipinski definition) is 5. The Morgan fingerprint density at radius 1 is 1.20 bits per heavy atom. The quantitative estimate of drug-likeness (QED) is 0.729. The van der Waals surface area contributed by atoms with Gasteiger partial charge in [-0.05, 0) is 55.7 Å². The molecule has 1 heterocycles. The summed E-state index contributed by atoms with van der Waals surface area (Å²) in [5, 5.41) is 14.4. The molecule has 0 aliphatic heterocycles. The Morgan fingerprint density at radius 2 is 1.97 bits per heavy atom. The highest BCUT2D eigenvalue weighted by Crippen LogP contribution is 2.35. The van der Waals surface area contributed by atoms with Gasteiger partial charge in [-0.2, -0.15) is 0 Å². The van der Waals surface area contributed by atoms with E-state index in [1.807, 2.05) is 24.3 Å². The number of ether oxygens (including phenoxy) is 1. The predicted octanol–water partition coefficient (Wildman–Crippen LogP) is 4.66. The monoisotopic (exact) mass is 427 g/mol. The SMILES string of the molecule is Cc1cc2c(s1)CCC(CN[C@@H]1CC[C@@H](Oc3ccccc3C(C)(C)C)[C@@H]1O)C2=O. The number of hydrogen-bond donors (Lipinski definition) is 2. The number of fused-ring (bicyclic) bond motifs is 1. The highest BCUT2D eigenvalue weighted by Gasteiger charge is 2.38. The van der Waals surface area contributed by atoms with Gasteiger partial charge in [0, 0.05) is 33.8 Å². The van der Waals surface area contributed by atoms with Gasteiger partial charge in [-0.3, -0.25) is 4.79 Å². The normalized spacial score (nSPS) is 26.6. The number of aliphatic hydroxyl groups excluding tert-OH is 1. The smallest absolute Gasteiger partial charge is 0.168 e. The van der Waals surface area contributed by atoms with Gasteiger partial charge in [0.15, 0.2) is 5.78 Å². The molecule has 1 aromatic heterocycles. The van der Waals surface area contributed by atoms with Crippen LogP contribution in [0.3, 0.4) is 0 Å². The molecule has 1 saturated carbocycles. The van der Waals surface area contributed by atoms with Crippen molar-refractivity contribution in [2.75, 3.05) is 6.54 Å². The maximum atomic E-state index is 12.8. The summed E-state index contributed by atoms with van der Waals surface area (Å²) in [4.78, 5) is 15.3. The summed E-state index contributed by atoms with van der Waals surface area (Å²) in [7, 11) is 0. The first-order valence-electron chi connectivity index (χ1n) is 11.0. The standard InChI is InChI=1S/C25H33NO3S/c1-15-13-17-22(30-15)12-9-16(23(17)27)14-26-19-10-11-21(24(19)28)29-20-8-6-5-7-18(20)25(2,3)4/h5-8,13,16,19,21,24,26,28H,9-12,14H2,1-4H3/t16?,19-,21-,24-/m1/s1. The van der Waals surface area contributed by atoms with Crippen LogP contribution in [-0.2, 0) is 11.8 Å². The number of carbonyl (C=O) groups excluding carboxylic acids is 1. The van der Waals surface area contributed by atoms with E-state index in [1.165, 1.54) is 9.75 Å². The van der Waals surface area contributed by atoms with Gasteiger partial charge < -0.3 is 15.2 Å². The van der Waals surface area contributed by atoms with Crippen molar-refractivity contribution in [2.24, 2.45) is 5.92 Å². The molecule has 1 fully saturated rings. The van der Waals surface area contributed by atoms with Crippen molar-refractivity contribution in [3.05, 3.63) is 51.2 Å². The molecule has 2 aliphatic carbocycles. The number of thiophene rings is 1. The van der Waals surface area contributed by atoms with E-state index in [1.54, 1.807) is 11.3 Å². The lowest BCUT2D eigenvalue weighted by molar-refractivity contribution is 0.0432. The Balaban J connectivity index is 1.36. The minimum absolute atomic E-state index is 0.000264. The maximum absolute atomic E-state index is 12.8. The zero-order chi connectivity index (χ0) is 21.5. The number of Topliss-reactive ketones (excluding diaryl/α,β-unsaturated/α-hetero) is 1. The maximum Gasteiger partial charge on any atom is 0.168 e. The molecule has 0 bridgehead atoms. The molecule has 5 heteroatoms. The van der Waals surface area contributed by atoms with E-state index in [0.29, 0.717) is 6.54 Å². The zero-order valence-corrected chi connectivity index (χ0v) is 19.2. The first-order valence-corrected chi connectivity index (χ1v) is 11.9. The summed E-state index contributed by atoms with van der Waals surface area (Å²) in [6.07, 6.45) is 2.74. The van der Waals surface area contributed by atoms with Gasteiger partial charge in [-0.1, -0.05) is 39.0 Å². The Morgan fingerprint density at radius 3 is 2.73 bits per heavy atom. The lowest BCUT2D eigenvalue weighted by atomic mass is 9.86. The van der Waals surface area contributed by atoms with Crippen LogP contribution in [0.5, 0.6) is 5.75 Å². The van der Waals surface area contributed by atoms with Crippen molar-refractivity contribution < 1.29 is 14.6 Å². The molecule has 2 N–H and O–H groups in total. The molecule has 1 unspecified atom stereocenters. The first-order chi connectivity index (χ1) is 14.2. The second-order valence-electron chi connectivity index (χ2n) is 9.78. The third-order valence-corrected chi connectivity index (χ3v) is 7.55. The molecule has 2 aromatic rings. The van der Waals surface area contributed by atoms with Crippen LogP contribution in [0.2, 0.25) is 0 Å². The lowest BCUT2D eigenvalue weighted by Gasteiger charge is -2.27. The van der Waals surface area contributed by atoms with E-state index in [4.69, 9.17) is 4.74 Å². The third-order valence-electron chi connectivity index (χ3n) is 6.44. The summed E-state index contributed by atoms with van der Waals surface area (Å²) < 4.78 is 6.28. The highest BCUT2D eigenvalue weighted by atomic mass is 32.1.